The number of hydrogen-bond donors (Lipinski definition) is 0. The van der Waals surface area contributed by atoms with Gasteiger partial charge in [-0.3, -0.25) is 14.5 Å². The number of carbonyl (C=O) groups is 2. The minimum atomic E-state index is -0.345. The molecule has 0 aliphatic carbocycles. The van der Waals surface area contributed by atoms with Crippen molar-refractivity contribution in [3.63, 3.8) is 0 Å². The number of rotatable bonds is 2. The van der Waals surface area contributed by atoms with E-state index < -0.39 is 0 Å². The number of amides is 2. The van der Waals surface area contributed by atoms with E-state index in [4.69, 9.17) is 0 Å². The molecule has 0 saturated heterocycles. The fraction of sp³-hybridized carbons (Fsp3) is 0.0345. The fourth-order valence-corrected chi connectivity index (χ4v) is 4.98. The lowest BCUT2D eigenvalue weighted by atomic mass is 9.98. The van der Waals surface area contributed by atoms with Crippen LogP contribution in [-0.2, 0) is 0 Å². The van der Waals surface area contributed by atoms with Crippen molar-refractivity contribution < 1.29 is 9.59 Å². The van der Waals surface area contributed by atoms with Crippen LogP contribution in [0.4, 0.5) is 0 Å². The van der Waals surface area contributed by atoms with E-state index in [1.807, 2.05) is 53.1 Å². The van der Waals surface area contributed by atoms with Crippen molar-refractivity contribution >= 4 is 33.6 Å². The van der Waals surface area contributed by atoms with Gasteiger partial charge in [0.05, 0.1) is 51.1 Å². The number of carbonyl (C=O) groups excluding carboxylic acids is 2. The van der Waals surface area contributed by atoms with Gasteiger partial charge in [-0.25, -0.2) is 0 Å². The highest BCUT2D eigenvalue weighted by molar-refractivity contribution is 6.23. The second-order valence-corrected chi connectivity index (χ2v) is 8.45. The molecule has 6 heteroatoms. The van der Waals surface area contributed by atoms with Crippen molar-refractivity contribution in [2.45, 2.75) is 0 Å². The Hall–Kier alpha value is -5.20. The maximum absolute atomic E-state index is 13.1. The van der Waals surface area contributed by atoms with Crippen molar-refractivity contribution in [3.05, 3.63) is 101 Å². The van der Waals surface area contributed by atoms with Gasteiger partial charge in [0.2, 0.25) is 0 Å². The Morgan fingerprint density at radius 1 is 0.714 bits per heavy atom. The van der Waals surface area contributed by atoms with Crippen LogP contribution in [0.5, 0.6) is 0 Å². The molecule has 6 nitrogen and oxygen atoms in total. The standard InChI is InChI=1S/C29H16N4O2/c1-32-28(34)23-9-5-11-25(26(23)29(32)35)33-24-10-3-2-6-21(24)22-8-4-7-20(27(22)33)19-13-17(15-30)12-18(14-19)16-31/h2-14H,1H3. The Balaban J connectivity index is 1.79. The van der Waals surface area contributed by atoms with Gasteiger partial charge in [-0.2, -0.15) is 10.5 Å². The van der Waals surface area contributed by atoms with E-state index in [-0.39, 0.29) is 11.8 Å². The number of imide groups is 1. The topological polar surface area (TPSA) is 89.9 Å². The van der Waals surface area contributed by atoms with Gasteiger partial charge >= 0.3 is 0 Å². The zero-order chi connectivity index (χ0) is 24.3. The van der Waals surface area contributed by atoms with E-state index in [1.165, 1.54) is 7.05 Å². The van der Waals surface area contributed by atoms with Crippen molar-refractivity contribution in [2.75, 3.05) is 7.05 Å². The number of hydrogen-bond acceptors (Lipinski definition) is 4. The summed E-state index contributed by atoms with van der Waals surface area (Å²) in [4.78, 5) is 27.0. The summed E-state index contributed by atoms with van der Waals surface area (Å²) in [5.74, 6) is -0.671. The van der Waals surface area contributed by atoms with Crippen LogP contribution in [-0.4, -0.2) is 28.3 Å². The summed E-state index contributed by atoms with van der Waals surface area (Å²) in [6.07, 6.45) is 0. The Morgan fingerprint density at radius 2 is 1.37 bits per heavy atom. The molecular weight excluding hydrogens is 436 g/mol. The molecule has 0 fully saturated rings. The SMILES string of the molecule is CN1C(=O)c2cccc(-n3c4ccccc4c4cccc(-c5cc(C#N)cc(C#N)c5)c43)c2C1=O. The van der Waals surface area contributed by atoms with Gasteiger partial charge in [0, 0.05) is 23.4 Å². The largest absolute Gasteiger partial charge is 0.308 e. The third-order valence-electron chi connectivity index (χ3n) is 6.53. The zero-order valence-electron chi connectivity index (χ0n) is 18.6. The summed E-state index contributed by atoms with van der Waals surface area (Å²) in [5.41, 5.74) is 5.38. The third kappa shape index (κ3) is 2.81. The average molecular weight is 452 g/mol. The van der Waals surface area contributed by atoms with Crippen LogP contribution >= 0.6 is 0 Å². The molecule has 0 spiro atoms. The molecule has 0 radical (unpaired) electrons. The highest BCUT2D eigenvalue weighted by Gasteiger charge is 2.36. The predicted octanol–water partition coefficient (Wildman–Crippen LogP) is 5.42. The number of nitrogens with zero attached hydrogens (tertiary/aromatic N) is 4. The summed E-state index contributed by atoms with van der Waals surface area (Å²) in [6.45, 7) is 0. The number of aromatic nitrogens is 1. The van der Waals surface area contributed by atoms with Crippen molar-refractivity contribution in [2.24, 2.45) is 0 Å². The smallest absolute Gasteiger partial charge is 0.263 e. The predicted molar refractivity (Wildman–Crippen MR) is 132 cm³/mol. The second kappa shape index (κ2) is 7.41. The lowest BCUT2D eigenvalue weighted by molar-refractivity contribution is 0.0693. The molecule has 2 amide bonds. The van der Waals surface area contributed by atoms with Gasteiger partial charge in [0.25, 0.3) is 11.8 Å². The van der Waals surface area contributed by atoms with E-state index in [0.29, 0.717) is 27.9 Å². The van der Waals surface area contributed by atoms with Crippen molar-refractivity contribution in [1.29, 1.82) is 10.5 Å². The first-order chi connectivity index (χ1) is 17.0. The molecule has 5 aromatic rings. The van der Waals surface area contributed by atoms with Crippen LogP contribution in [0.1, 0.15) is 31.8 Å². The molecule has 0 saturated carbocycles. The molecule has 6 rings (SSSR count). The molecule has 164 valence electrons. The van der Waals surface area contributed by atoms with E-state index in [0.717, 1.165) is 37.8 Å². The zero-order valence-corrected chi connectivity index (χ0v) is 18.6. The summed E-state index contributed by atoms with van der Waals surface area (Å²) >= 11 is 0. The normalized spacial score (nSPS) is 12.7. The van der Waals surface area contributed by atoms with Crippen molar-refractivity contribution in [3.8, 4) is 29.0 Å². The Bertz CT molecular complexity index is 1800. The molecule has 1 aliphatic rings. The molecule has 0 N–H and O–H groups in total. The minimum absolute atomic E-state index is 0.326. The van der Waals surface area contributed by atoms with E-state index in [9.17, 15) is 20.1 Å². The van der Waals surface area contributed by atoms with Crippen LogP contribution in [0.15, 0.2) is 78.9 Å². The summed E-state index contributed by atoms with van der Waals surface area (Å²) in [6, 6.07) is 28.4. The highest BCUT2D eigenvalue weighted by atomic mass is 16.2. The van der Waals surface area contributed by atoms with Gasteiger partial charge in [-0.05, 0) is 42.0 Å². The van der Waals surface area contributed by atoms with E-state index >= 15 is 0 Å². The molecular formula is C29H16N4O2. The van der Waals surface area contributed by atoms with Crippen LogP contribution in [0.3, 0.4) is 0 Å². The maximum atomic E-state index is 13.1. The third-order valence-corrected chi connectivity index (χ3v) is 6.53. The summed E-state index contributed by atoms with van der Waals surface area (Å²) in [7, 11) is 1.49. The first kappa shape index (κ1) is 20.4. The lowest BCUT2D eigenvalue weighted by Crippen LogP contribution is -2.24. The number of nitriles is 2. The van der Waals surface area contributed by atoms with Gasteiger partial charge < -0.3 is 4.57 Å². The molecule has 1 aromatic heterocycles. The first-order valence-corrected chi connectivity index (χ1v) is 11.0. The minimum Gasteiger partial charge on any atom is -0.308 e. The van der Waals surface area contributed by atoms with Crippen LogP contribution in [0, 0.1) is 22.7 Å². The van der Waals surface area contributed by atoms with Gasteiger partial charge in [0.1, 0.15) is 0 Å². The average Bonchev–Trinajstić information content (AvgIpc) is 3.36. The monoisotopic (exact) mass is 452 g/mol. The first-order valence-electron chi connectivity index (χ1n) is 11.0. The van der Waals surface area contributed by atoms with Gasteiger partial charge in [-0.15, -0.1) is 0 Å². The van der Waals surface area contributed by atoms with Crippen molar-refractivity contribution in [1.82, 2.24) is 9.47 Å². The lowest BCUT2D eigenvalue weighted by Gasteiger charge is -2.14. The Kier molecular flexibility index (Phi) is 4.32. The van der Waals surface area contributed by atoms with Gasteiger partial charge in [0.15, 0.2) is 0 Å². The quantitative estimate of drug-likeness (QED) is 0.335. The Morgan fingerprint density at radius 3 is 2.11 bits per heavy atom. The van der Waals surface area contributed by atoms with Crippen LogP contribution in [0.2, 0.25) is 0 Å². The molecule has 35 heavy (non-hydrogen) atoms. The fourth-order valence-electron chi connectivity index (χ4n) is 4.98. The number of fused-ring (bicyclic) bond motifs is 4. The number of para-hydroxylation sites is 2. The summed E-state index contributed by atoms with van der Waals surface area (Å²) in [5, 5.41) is 21.0. The number of benzene rings is 4. The molecule has 0 atom stereocenters. The van der Waals surface area contributed by atoms with Crippen LogP contribution < -0.4 is 0 Å². The molecule has 1 aliphatic heterocycles. The van der Waals surface area contributed by atoms with E-state index in [2.05, 4.69) is 12.1 Å². The molecule has 0 unspecified atom stereocenters. The second-order valence-electron chi connectivity index (χ2n) is 8.45. The van der Waals surface area contributed by atoms with Gasteiger partial charge in [-0.1, -0.05) is 42.5 Å². The molecule has 4 aromatic carbocycles. The maximum Gasteiger partial charge on any atom is 0.263 e. The van der Waals surface area contributed by atoms with E-state index in [1.54, 1.807) is 30.3 Å². The molecule has 0 bridgehead atoms. The van der Waals surface area contributed by atoms with Crippen LogP contribution in [0.25, 0.3) is 38.6 Å². The highest BCUT2D eigenvalue weighted by Crippen LogP contribution is 2.40. The molecule has 2 heterocycles. The Labute approximate surface area is 200 Å². The summed E-state index contributed by atoms with van der Waals surface area (Å²) < 4.78 is 2.01.